The van der Waals surface area contributed by atoms with Crippen molar-refractivity contribution in [1.29, 1.82) is 0 Å². The van der Waals surface area contributed by atoms with Crippen molar-refractivity contribution >= 4 is 11.9 Å². The van der Waals surface area contributed by atoms with Gasteiger partial charge < -0.3 is 15.7 Å². The number of piperazine rings is 1. The number of carboxylic acid groups (broad SMARTS) is 1. The van der Waals surface area contributed by atoms with Gasteiger partial charge in [0, 0.05) is 38.1 Å². The van der Waals surface area contributed by atoms with E-state index in [0.717, 1.165) is 25.7 Å². The van der Waals surface area contributed by atoms with Crippen molar-refractivity contribution in [3.8, 4) is 0 Å². The lowest BCUT2D eigenvalue weighted by molar-refractivity contribution is -0.139. The van der Waals surface area contributed by atoms with E-state index in [-0.39, 0.29) is 18.0 Å². The first-order valence-electron chi connectivity index (χ1n) is 6.99. The fourth-order valence-electron chi connectivity index (χ4n) is 3.02. The zero-order valence-electron chi connectivity index (χ0n) is 11.3. The minimum Gasteiger partial charge on any atom is -0.480 e. The first-order chi connectivity index (χ1) is 8.98. The summed E-state index contributed by atoms with van der Waals surface area (Å²) in [6.07, 6.45) is 4.56. The summed E-state index contributed by atoms with van der Waals surface area (Å²) >= 11 is 0. The largest absolute Gasteiger partial charge is 0.480 e. The monoisotopic (exact) mass is 269 g/mol. The molecule has 108 valence electrons. The zero-order valence-corrected chi connectivity index (χ0v) is 11.3. The summed E-state index contributed by atoms with van der Waals surface area (Å²) in [6, 6.07) is 0. The molecule has 0 aromatic heterocycles. The molecule has 0 bridgehead atoms. The van der Waals surface area contributed by atoms with E-state index in [0.29, 0.717) is 32.6 Å². The highest BCUT2D eigenvalue weighted by atomic mass is 16.4. The summed E-state index contributed by atoms with van der Waals surface area (Å²) in [5.74, 6) is -0.689. The molecule has 1 amide bonds. The first-order valence-corrected chi connectivity index (χ1v) is 6.99. The third kappa shape index (κ3) is 3.91. The van der Waals surface area contributed by atoms with Crippen LogP contribution in [0, 0.1) is 0 Å². The molecule has 6 heteroatoms. The van der Waals surface area contributed by atoms with E-state index in [9.17, 15) is 9.59 Å². The molecular weight excluding hydrogens is 246 g/mol. The number of carbonyl (C=O) groups excluding carboxylic acids is 1. The quantitative estimate of drug-likeness (QED) is 0.743. The van der Waals surface area contributed by atoms with Crippen LogP contribution in [0.2, 0.25) is 0 Å². The molecule has 2 aliphatic rings. The zero-order chi connectivity index (χ0) is 13.9. The number of nitrogens with zero attached hydrogens (tertiary/aromatic N) is 2. The van der Waals surface area contributed by atoms with Crippen LogP contribution in [-0.4, -0.2) is 65.0 Å². The predicted octanol–water partition coefficient (Wildman–Crippen LogP) is -0.123. The summed E-state index contributed by atoms with van der Waals surface area (Å²) in [6.45, 7) is 2.55. The van der Waals surface area contributed by atoms with Crippen LogP contribution in [0.4, 0.5) is 0 Å². The maximum atomic E-state index is 12.2. The van der Waals surface area contributed by atoms with Crippen LogP contribution in [0.1, 0.15) is 32.1 Å². The van der Waals surface area contributed by atoms with Gasteiger partial charge in [-0.3, -0.25) is 14.5 Å². The van der Waals surface area contributed by atoms with Crippen molar-refractivity contribution in [2.75, 3.05) is 32.7 Å². The van der Waals surface area contributed by atoms with Crippen LogP contribution in [0.3, 0.4) is 0 Å². The van der Waals surface area contributed by atoms with Crippen LogP contribution in [0.25, 0.3) is 0 Å². The van der Waals surface area contributed by atoms with E-state index in [1.165, 1.54) is 0 Å². The molecule has 0 aromatic rings. The van der Waals surface area contributed by atoms with Gasteiger partial charge in [-0.2, -0.15) is 0 Å². The number of amides is 1. The Kier molecular flexibility index (Phi) is 4.42. The number of aliphatic carboxylic acids is 1. The maximum absolute atomic E-state index is 12.2. The second-order valence-electron chi connectivity index (χ2n) is 5.80. The lowest BCUT2D eigenvalue weighted by atomic mass is 9.94. The van der Waals surface area contributed by atoms with E-state index in [2.05, 4.69) is 0 Å². The Labute approximate surface area is 113 Å². The van der Waals surface area contributed by atoms with E-state index < -0.39 is 5.97 Å². The van der Waals surface area contributed by atoms with Crippen molar-refractivity contribution in [2.24, 2.45) is 5.73 Å². The molecule has 2 fully saturated rings. The number of hydrogen-bond acceptors (Lipinski definition) is 4. The summed E-state index contributed by atoms with van der Waals surface area (Å²) in [7, 11) is 0. The van der Waals surface area contributed by atoms with E-state index in [1.54, 1.807) is 0 Å². The Morgan fingerprint density at radius 3 is 2.21 bits per heavy atom. The molecule has 0 radical (unpaired) electrons. The minimum atomic E-state index is -0.813. The Morgan fingerprint density at radius 2 is 1.68 bits per heavy atom. The number of rotatable bonds is 4. The summed E-state index contributed by atoms with van der Waals surface area (Å²) in [5.41, 5.74) is 5.93. The topological polar surface area (TPSA) is 86.9 Å². The Morgan fingerprint density at radius 1 is 1.11 bits per heavy atom. The van der Waals surface area contributed by atoms with Crippen molar-refractivity contribution in [1.82, 2.24) is 9.80 Å². The number of carbonyl (C=O) groups is 2. The predicted molar refractivity (Wildman–Crippen MR) is 70.7 cm³/mol. The third-order valence-corrected chi connectivity index (χ3v) is 4.19. The highest BCUT2D eigenvalue weighted by molar-refractivity contribution is 5.77. The van der Waals surface area contributed by atoms with Gasteiger partial charge in [0.15, 0.2) is 0 Å². The van der Waals surface area contributed by atoms with Gasteiger partial charge in [0.25, 0.3) is 0 Å². The SMILES string of the molecule is NC1(CC(=O)N2CCN(CC(=O)O)CC2)CCCC1. The van der Waals surface area contributed by atoms with E-state index in [1.807, 2.05) is 9.80 Å². The smallest absolute Gasteiger partial charge is 0.317 e. The van der Waals surface area contributed by atoms with E-state index in [4.69, 9.17) is 10.8 Å². The summed E-state index contributed by atoms with van der Waals surface area (Å²) < 4.78 is 0. The van der Waals surface area contributed by atoms with E-state index >= 15 is 0 Å². The molecule has 1 heterocycles. The van der Waals surface area contributed by atoms with Crippen molar-refractivity contribution in [3.05, 3.63) is 0 Å². The molecule has 3 N–H and O–H groups in total. The molecule has 0 aromatic carbocycles. The third-order valence-electron chi connectivity index (χ3n) is 4.19. The van der Waals surface area contributed by atoms with Gasteiger partial charge in [0.2, 0.25) is 5.91 Å². The fourth-order valence-corrected chi connectivity index (χ4v) is 3.02. The van der Waals surface area contributed by atoms with Crippen molar-refractivity contribution in [3.63, 3.8) is 0 Å². The molecule has 0 unspecified atom stereocenters. The first kappa shape index (κ1) is 14.3. The van der Waals surface area contributed by atoms with Crippen LogP contribution in [0.5, 0.6) is 0 Å². The van der Waals surface area contributed by atoms with Crippen molar-refractivity contribution < 1.29 is 14.7 Å². The Balaban J connectivity index is 1.77. The number of nitrogens with two attached hydrogens (primary N) is 1. The molecular formula is C13H23N3O3. The van der Waals surface area contributed by atoms with Gasteiger partial charge in [-0.1, -0.05) is 12.8 Å². The average Bonchev–Trinajstić information content (AvgIpc) is 2.75. The highest BCUT2D eigenvalue weighted by Gasteiger charge is 2.34. The van der Waals surface area contributed by atoms with Crippen molar-refractivity contribution in [2.45, 2.75) is 37.6 Å². The normalized spacial score (nSPS) is 23.5. The summed E-state index contributed by atoms with van der Waals surface area (Å²) in [5, 5.41) is 8.73. The molecule has 2 rings (SSSR count). The lowest BCUT2D eigenvalue weighted by Crippen LogP contribution is -2.52. The molecule has 1 saturated carbocycles. The van der Waals surface area contributed by atoms with Gasteiger partial charge in [-0.15, -0.1) is 0 Å². The molecule has 1 saturated heterocycles. The number of hydrogen-bond donors (Lipinski definition) is 2. The van der Waals surface area contributed by atoms with Crippen LogP contribution >= 0.6 is 0 Å². The molecule has 1 aliphatic heterocycles. The second-order valence-corrected chi connectivity index (χ2v) is 5.80. The molecule has 0 atom stereocenters. The van der Waals surface area contributed by atoms with Gasteiger partial charge in [-0.05, 0) is 12.8 Å². The van der Waals surface area contributed by atoms with Crippen LogP contribution in [0.15, 0.2) is 0 Å². The Hall–Kier alpha value is -1.14. The van der Waals surface area contributed by atoms with Gasteiger partial charge >= 0.3 is 5.97 Å². The molecule has 1 aliphatic carbocycles. The fraction of sp³-hybridized carbons (Fsp3) is 0.846. The maximum Gasteiger partial charge on any atom is 0.317 e. The molecule has 19 heavy (non-hydrogen) atoms. The number of carboxylic acids is 1. The Bertz CT molecular complexity index is 345. The standard InChI is InChI=1S/C13H23N3O3/c14-13(3-1-2-4-13)9-11(17)16-7-5-15(6-8-16)10-12(18)19/h1-10,14H2,(H,18,19). The minimum absolute atomic E-state index is 0.0584. The van der Waals surface area contributed by atoms with Gasteiger partial charge in [0.1, 0.15) is 0 Å². The highest BCUT2D eigenvalue weighted by Crippen LogP contribution is 2.30. The van der Waals surface area contributed by atoms with Crippen LogP contribution < -0.4 is 5.73 Å². The molecule has 0 spiro atoms. The second kappa shape index (κ2) is 5.88. The molecule has 6 nitrogen and oxygen atoms in total. The summed E-state index contributed by atoms with van der Waals surface area (Å²) in [4.78, 5) is 26.5. The van der Waals surface area contributed by atoms with Gasteiger partial charge in [0.05, 0.1) is 6.54 Å². The lowest BCUT2D eigenvalue weighted by Gasteiger charge is -2.35. The van der Waals surface area contributed by atoms with Crippen LogP contribution in [-0.2, 0) is 9.59 Å². The van der Waals surface area contributed by atoms with Gasteiger partial charge in [-0.25, -0.2) is 0 Å². The average molecular weight is 269 g/mol.